The van der Waals surface area contributed by atoms with Crippen LogP contribution in [0.3, 0.4) is 0 Å². The molecule has 0 spiro atoms. The van der Waals surface area contributed by atoms with Gasteiger partial charge in [0.2, 0.25) is 0 Å². The van der Waals surface area contributed by atoms with Gasteiger partial charge in [-0.05, 0) is 19.1 Å². The Labute approximate surface area is 110 Å². The Morgan fingerprint density at radius 2 is 2.26 bits per heavy atom. The fourth-order valence-corrected chi connectivity index (χ4v) is 1.68. The summed E-state index contributed by atoms with van der Waals surface area (Å²) in [4.78, 5) is 11.2. The maximum atomic E-state index is 11.2. The van der Waals surface area contributed by atoms with Gasteiger partial charge in [-0.3, -0.25) is 4.68 Å². The van der Waals surface area contributed by atoms with Crippen LogP contribution in [0.4, 0.5) is 11.5 Å². The van der Waals surface area contributed by atoms with Crippen molar-refractivity contribution in [1.82, 2.24) is 9.78 Å². The van der Waals surface area contributed by atoms with Crippen molar-refractivity contribution in [3.05, 3.63) is 36.0 Å². The molecule has 1 heterocycles. The van der Waals surface area contributed by atoms with Gasteiger partial charge < -0.3 is 15.2 Å². The van der Waals surface area contributed by atoms with Gasteiger partial charge in [-0.1, -0.05) is 0 Å². The average molecular weight is 261 g/mol. The molecule has 0 aliphatic rings. The van der Waals surface area contributed by atoms with E-state index in [4.69, 9.17) is 9.84 Å². The summed E-state index contributed by atoms with van der Waals surface area (Å²) >= 11 is 0. The number of rotatable bonds is 5. The van der Waals surface area contributed by atoms with Crippen molar-refractivity contribution in [1.29, 1.82) is 0 Å². The number of methoxy groups -OCH3 is 1. The molecule has 0 bridgehead atoms. The summed E-state index contributed by atoms with van der Waals surface area (Å²) in [7, 11) is 1.53. The van der Waals surface area contributed by atoms with E-state index < -0.39 is 5.97 Å². The number of carboxylic acid groups (broad SMARTS) is 1. The molecule has 0 fully saturated rings. The Balaban J connectivity index is 2.33. The number of ether oxygens (including phenoxy) is 1. The predicted octanol–water partition coefficient (Wildman–Crippen LogP) is 2.35. The Morgan fingerprint density at radius 1 is 1.47 bits per heavy atom. The first-order chi connectivity index (χ1) is 9.13. The van der Waals surface area contributed by atoms with Crippen LogP contribution in [-0.2, 0) is 6.54 Å². The van der Waals surface area contributed by atoms with Crippen molar-refractivity contribution in [3.63, 3.8) is 0 Å². The van der Waals surface area contributed by atoms with Crippen LogP contribution in [0.15, 0.2) is 30.5 Å². The molecule has 0 unspecified atom stereocenters. The summed E-state index contributed by atoms with van der Waals surface area (Å²) < 4.78 is 6.85. The summed E-state index contributed by atoms with van der Waals surface area (Å²) in [6.07, 6.45) is 1.82. The quantitative estimate of drug-likeness (QED) is 0.864. The number of carboxylic acids is 1. The molecule has 2 N–H and O–H groups in total. The molecule has 0 atom stereocenters. The molecule has 1 aromatic heterocycles. The van der Waals surface area contributed by atoms with Gasteiger partial charge in [0.05, 0.1) is 18.4 Å². The highest BCUT2D eigenvalue weighted by atomic mass is 16.5. The van der Waals surface area contributed by atoms with Gasteiger partial charge in [0, 0.05) is 24.9 Å². The smallest absolute Gasteiger partial charge is 0.337 e. The molecule has 2 rings (SSSR count). The molecular weight excluding hydrogens is 246 g/mol. The Morgan fingerprint density at radius 3 is 2.84 bits per heavy atom. The van der Waals surface area contributed by atoms with Crippen molar-refractivity contribution in [2.24, 2.45) is 0 Å². The monoisotopic (exact) mass is 261 g/mol. The van der Waals surface area contributed by atoms with Crippen LogP contribution in [0.25, 0.3) is 0 Å². The first kappa shape index (κ1) is 12.9. The fraction of sp³-hybridized carbons (Fsp3) is 0.231. The van der Waals surface area contributed by atoms with Gasteiger partial charge in [-0.15, -0.1) is 0 Å². The second-order valence-corrected chi connectivity index (χ2v) is 3.90. The number of aromatic carboxylic acids is 1. The van der Waals surface area contributed by atoms with Crippen molar-refractivity contribution >= 4 is 17.5 Å². The van der Waals surface area contributed by atoms with Gasteiger partial charge in [0.1, 0.15) is 5.75 Å². The van der Waals surface area contributed by atoms with E-state index in [9.17, 15) is 4.79 Å². The first-order valence-electron chi connectivity index (χ1n) is 5.86. The number of nitrogens with zero attached hydrogens (tertiary/aromatic N) is 2. The van der Waals surface area contributed by atoms with E-state index in [2.05, 4.69) is 10.4 Å². The van der Waals surface area contributed by atoms with Gasteiger partial charge in [-0.2, -0.15) is 5.10 Å². The lowest BCUT2D eigenvalue weighted by atomic mass is 10.1. The second-order valence-electron chi connectivity index (χ2n) is 3.90. The summed E-state index contributed by atoms with van der Waals surface area (Å²) in [6.45, 7) is 2.73. The molecule has 0 saturated carbocycles. The van der Waals surface area contributed by atoms with Crippen LogP contribution in [0.2, 0.25) is 0 Å². The SMILES string of the molecule is CCn1ccc(Nc2cc(OC)ccc2C(=O)O)n1. The number of aromatic nitrogens is 2. The highest BCUT2D eigenvalue weighted by Gasteiger charge is 2.12. The van der Waals surface area contributed by atoms with E-state index in [0.29, 0.717) is 17.3 Å². The van der Waals surface area contributed by atoms with Crippen LogP contribution < -0.4 is 10.1 Å². The van der Waals surface area contributed by atoms with Gasteiger partial charge in [0.15, 0.2) is 5.82 Å². The van der Waals surface area contributed by atoms with E-state index in [1.54, 1.807) is 22.9 Å². The molecule has 0 radical (unpaired) electrons. The number of nitrogens with one attached hydrogen (secondary N) is 1. The number of hydrogen-bond acceptors (Lipinski definition) is 4. The zero-order chi connectivity index (χ0) is 13.8. The lowest BCUT2D eigenvalue weighted by Crippen LogP contribution is -2.04. The Bertz CT molecular complexity index is 593. The zero-order valence-corrected chi connectivity index (χ0v) is 10.8. The van der Waals surface area contributed by atoms with E-state index >= 15 is 0 Å². The number of benzene rings is 1. The minimum atomic E-state index is -1.000. The molecule has 0 amide bonds. The Hall–Kier alpha value is -2.50. The third-order valence-electron chi connectivity index (χ3n) is 2.68. The molecule has 0 aliphatic heterocycles. The number of hydrogen-bond donors (Lipinski definition) is 2. The third kappa shape index (κ3) is 2.85. The minimum absolute atomic E-state index is 0.173. The van der Waals surface area contributed by atoms with Crippen LogP contribution in [0.5, 0.6) is 5.75 Å². The van der Waals surface area contributed by atoms with Crippen LogP contribution in [-0.4, -0.2) is 28.0 Å². The second kappa shape index (κ2) is 5.43. The molecule has 6 nitrogen and oxygen atoms in total. The summed E-state index contributed by atoms with van der Waals surface area (Å²) in [5.74, 6) is 0.181. The highest BCUT2D eigenvalue weighted by molar-refractivity contribution is 5.95. The topological polar surface area (TPSA) is 76.4 Å². The van der Waals surface area contributed by atoms with Crippen molar-refractivity contribution in [2.45, 2.75) is 13.5 Å². The molecule has 1 aromatic carbocycles. The third-order valence-corrected chi connectivity index (χ3v) is 2.68. The standard InChI is InChI=1S/C13H15N3O3/c1-3-16-7-6-12(15-16)14-11-8-9(19-2)4-5-10(11)13(17)18/h4-8H,3H2,1-2H3,(H,14,15)(H,17,18). The summed E-state index contributed by atoms with van der Waals surface area (Å²) in [5.41, 5.74) is 0.625. The first-order valence-corrected chi connectivity index (χ1v) is 5.86. The zero-order valence-electron chi connectivity index (χ0n) is 10.8. The van der Waals surface area contributed by atoms with Gasteiger partial charge >= 0.3 is 5.97 Å². The fourth-order valence-electron chi connectivity index (χ4n) is 1.68. The van der Waals surface area contributed by atoms with Crippen LogP contribution >= 0.6 is 0 Å². The van der Waals surface area contributed by atoms with Crippen LogP contribution in [0, 0.1) is 0 Å². The van der Waals surface area contributed by atoms with Crippen molar-refractivity contribution in [3.8, 4) is 5.75 Å². The highest BCUT2D eigenvalue weighted by Crippen LogP contribution is 2.25. The van der Waals surface area contributed by atoms with E-state index in [0.717, 1.165) is 6.54 Å². The van der Waals surface area contributed by atoms with Gasteiger partial charge in [0.25, 0.3) is 0 Å². The average Bonchev–Trinajstić information content (AvgIpc) is 2.86. The minimum Gasteiger partial charge on any atom is -0.497 e. The Kier molecular flexibility index (Phi) is 3.70. The van der Waals surface area contributed by atoms with E-state index in [1.807, 2.05) is 13.1 Å². The molecule has 100 valence electrons. The lowest BCUT2D eigenvalue weighted by Gasteiger charge is -2.09. The predicted molar refractivity (Wildman–Crippen MR) is 71.1 cm³/mol. The largest absolute Gasteiger partial charge is 0.497 e. The van der Waals surface area contributed by atoms with Crippen LogP contribution in [0.1, 0.15) is 17.3 Å². The normalized spacial score (nSPS) is 10.2. The van der Waals surface area contributed by atoms with Crippen molar-refractivity contribution < 1.29 is 14.6 Å². The number of carbonyl (C=O) groups is 1. The maximum absolute atomic E-state index is 11.2. The number of anilines is 2. The molecule has 0 aliphatic carbocycles. The number of aryl methyl sites for hydroxylation is 1. The van der Waals surface area contributed by atoms with E-state index in [1.165, 1.54) is 13.2 Å². The molecule has 19 heavy (non-hydrogen) atoms. The van der Waals surface area contributed by atoms with Gasteiger partial charge in [-0.25, -0.2) is 4.79 Å². The summed E-state index contributed by atoms with van der Waals surface area (Å²) in [6, 6.07) is 6.53. The molecule has 6 heteroatoms. The lowest BCUT2D eigenvalue weighted by molar-refractivity contribution is 0.0698. The van der Waals surface area contributed by atoms with Crippen molar-refractivity contribution in [2.75, 3.05) is 12.4 Å². The molecule has 0 saturated heterocycles. The summed E-state index contributed by atoms with van der Waals surface area (Å²) in [5, 5.41) is 16.4. The molecular formula is C13H15N3O3. The molecule has 2 aromatic rings. The van der Waals surface area contributed by atoms with E-state index in [-0.39, 0.29) is 5.56 Å². The maximum Gasteiger partial charge on any atom is 0.337 e.